The maximum absolute atomic E-state index is 12.3. The van der Waals surface area contributed by atoms with Crippen LogP contribution < -0.4 is 5.32 Å². The summed E-state index contributed by atoms with van der Waals surface area (Å²) in [4.78, 5) is 12.3. The highest BCUT2D eigenvalue weighted by atomic mass is 16.3. The maximum atomic E-state index is 12.3. The van der Waals surface area contributed by atoms with Crippen molar-refractivity contribution in [3.63, 3.8) is 0 Å². The minimum Gasteiger partial charge on any atom is -0.396 e. The maximum Gasteiger partial charge on any atom is 0.273 e. The summed E-state index contributed by atoms with van der Waals surface area (Å²) in [5.41, 5.74) is 0.946. The molecular weight excluding hydrogens is 280 g/mol. The number of nitrogens with zero attached hydrogens (tertiary/aromatic N) is 3. The zero-order valence-electron chi connectivity index (χ0n) is 13.0. The van der Waals surface area contributed by atoms with Crippen molar-refractivity contribution in [2.24, 2.45) is 0 Å². The first-order valence-corrected chi connectivity index (χ1v) is 7.44. The van der Waals surface area contributed by atoms with Crippen molar-refractivity contribution in [2.75, 3.05) is 6.61 Å². The Labute approximate surface area is 130 Å². The second kappa shape index (κ2) is 7.17. The van der Waals surface area contributed by atoms with Gasteiger partial charge in [-0.25, -0.2) is 4.68 Å². The molecule has 0 spiro atoms. The predicted octanol–water partition coefficient (Wildman–Crippen LogP) is 1.61. The fourth-order valence-electron chi connectivity index (χ4n) is 2.16. The van der Waals surface area contributed by atoms with Crippen LogP contribution in [0.25, 0.3) is 0 Å². The lowest BCUT2D eigenvalue weighted by atomic mass is 9.95. The van der Waals surface area contributed by atoms with Crippen molar-refractivity contribution in [2.45, 2.75) is 38.8 Å². The Bertz CT molecular complexity index is 612. The first-order valence-electron chi connectivity index (χ1n) is 7.44. The number of aromatic nitrogens is 3. The first-order chi connectivity index (χ1) is 10.6. The number of carbonyl (C=O) groups is 1. The Morgan fingerprint density at radius 1 is 1.36 bits per heavy atom. The second-order valence-corrected chi connectivity index (χ2v) is 5.63. The average molecular weight is 302 g/mol. The molecule has 0 saturated heterocycles. The summed E-state index contributed by atoms with van der Waals surface area (Å²) in [6, 6.07) is 9.87. The van der Waals surface area contributed by atoms with Crippen LogP contribution in [0.3, 0.4) is 0 Å². The molecule has 1 aromatic carbocycles. The number of hydrogen-bond acceptors (Lipinski definition) is 4. The molecule has 0 bridgehead atoms. The van der Waals surface area contributed by atoms with Crippen LogP contribution in [0.1, 0.15) is 42.7 Å². The van der Waals surface area contributed by atoms with Crippen LogP contribution in [0.15, 0.2) is 36.5 Å². The van der Waals surface area contributed by atoms with E-state index in [-0.39, 0.29) is 18.2 Å². The van der Waals surface area contributed by atoms with Crippen LogP contribution >= 0.6 is 0 Å². The highest BCUT2D eigenvalue weighted by molar-refractivity contribution is 5.92. The van der Waals surface area contributed by atoms with E-state index in [1.165, 1.54) is 0 Å². The molecule has 0 aliphatic carbocycles. The van der Waals surface area contributed by atoms with Gasteiger partial charge in [-0.2, -0.15) is 0 Å². The molecule has 0 aliphatic rings. The number of benzene rings is 1. The number of rotatable bonds is 7. The molecular formula is C16H22N4O2. The Kier molecular flexibility index (Phi) is 5.27. The van der Waals surface area contributed by atoms with E-state index in [4.69, 9.17) is 5.11 Å². The van der Waals surface area contributed by atoms with E-state index in [1.54, 1.807) is 10.9 Å². The third kappa shape index (κ3) is 4.14. The largest absolute Gasteiger partial charge is 0.396 e. The summed E-state index contributed by atoms with van der Waals surface area (Å²) in [6.07, 6.45) is 2.88. The smallest absolute Gasteiger partial charge is 0.273 e. The molecule has 1 amide bonds. The van der Waals surface area contributed by atoms with Crippen molar-refractivity contribution in [1.82, 2.24) is 20.3 Å². The van der Waals surface area contributed by atoms with E-state index in [2.05, 4.69) is 15.6 Å². The van der Waals surface area contributed by atoms with Gasteiger partial charge in [0.2, 0.25) is 0 Å². The van der Waals surface area contributed by atoms with E-state index in [9.17, 15) is 4.79 Å². The van der Waals surface area contributed by atoms with Gasteiger partial charge < -0.3 is 10.4 Å². The molecule has 0 aliphatic heterocycles. The highest BCUT2D eigenvalue weighted by Crippen LogP contribution is 2.14. The van der Waals surface area contributed by atoms with E-state index < -0.39 is 5.54 Å². The van der Waals surface area contributed by atoms with Gasteiger partial charge in [-0.05, 0) is 25.3 Å². The molecule has 0 radical (unpaired) electrons. The molecule has 2 rings (SSSR count). The molecule has 6 heteroatoms. The summed E-state index contributed by atoms with van der Waals surface area (Å²) in [6.45, 7) is 4.49. The van der Waals surface area contributed by atoms with Gasteiger partial charge in [-0.15, -0.1) is 5.10 Å². The molecule has 1 unspecified atom stereocenters. The normalized spacial score (nSPS) is 13.6. The number of nitrogens with one attached hydrogen (secondary N) is 1. The summed E-state index contributed by atoms with van der Waals surface area (Å²) in [5, 5.41) is 19.9. The van der Waals surface area contributed by atoms with E-state index >= 15 is 0 Å². The third-order valence-corrected chi connectivity index (χ3v) is 3.82. The highest BCUT2D eigenvalue weighted by Gasteiger charge is 2.25. The molecule has 0 saturated carbocycles. The van der Waals surface area contributed by atoms with Gasteiger partial charge in [0, 0.05) is 12.1 Å². The molecule has 1 aromatic heterocycles. The number of carbonyl (C=O) groups excluding carboxylic acids is 1. The van der Waals surface area contributed by atoms with Gasteiger partial charge in [0.15, 0.2) is 5.69 Å². The average Bonchev–Trinajstić information content (AvgIpc) is 2.97. The van der Waals surface area contributed by atoms with Gasteiger partial charge in [0.05, 0.1) is 12.7 Å². The molecule has 1 heterocycles. The van der Waals surface area contributed by atoms with Crippen molar-refractivity contribution < 1.29 is 9.90 Å². The Hall–Kier alpha value is -2.21. The Morgan fingerprint density at radius 2 is 2.09 bits per heavy atom. The van der Waals surface area contributed by atoms with Crippen molar-refractivity contribution in [1.29, 1.82) is 0 Å². The lowest BCUT2D eigenvalue weighted by molar-refractivity contribution is 0.0881. The van der Waals surface area contributed by atoms with Gasteiger partial charge >= 0.3 is 0 Å². The van der Waals surface area contributed by atoms with Gasteiger partial charge in [-0.3, -0.25) is 4.79 Å². The molecule has 0 fully saturated rings. The number of hydrogen-bond donors (Lipinski definition) is 2. The molecule has 6 nitrogen and oxygen atoms in total. The van der Waals surface area contributed by atoms with Crippen molar-refractivity contribution >= 4 is 5.91 Å². The molecule has 1 atom stereocenters. The minimum absolute atomic E-state index is 0.0331. The van der Waals surface area contributed by atoms with Crippen LogP contribution in [0.2, 0.25) is 0 Å². The summed E-state index contributed by atoms with van der Waals surface area (Å²) in [7, 11) is 0. The van der Waals surface area contributed by atoms with Crippen LogP contribution in [0.4, 0.5) is 0 Å². The summed E-state index contributed by atoms with van der Waals surface area (Å²) < 4.78 is 1.64. The lowest BCUT2D eigenvalue weighted by Gasteiger charge is -2.28. The monoisotopic (exact) mass is 302 g/mol. The van der Waals surface area contributed by atoms with E-state index in [0.717, 1.165) is 12.0 Å². The van der Waals surface area contributed by atoms with Crippen LogP contribution in [-0.4, -0.2) is 38.2 Å². The molecule has 2 aromatic rings. The quantitative estimate of drug-likeness (QED) is 0.814. The molecule has 118 valence electrons. The third-order valence-electron chi connectivity index (χ3n) is 3.82. The first kappa shape index (κ1) is 16.2. The standard InChI is InChI=1S/C16H22N4O2/c1-3-16(2,9-10-21)17-15(22)14-12-20(19-18-14)11-13-7-5-4-6-8-13/h4-8,12,21H,3,9-11H2,1-2H3,(H,17,22). The number of aliphatic hydroxyl groups is 1. The number of aliphatic hydroxyl groups excluding tert-OH is 1. The van der Waals surface area contributed by atoms with Gasteiger partial charge in [0.1, 0.15) is 0 Å². The Balaban J connectivity index is 2.03. The zero-order valence-corrected chi connectivity index (χ0v) is 13.0. The summed E-state index contributed by atoms with van der Waals surface area (Å²) >= 11 is 0. The fourth-order valence-corrected chi connectivity index (χ4v) is 2.16. The lowest BCUT2D eigenvalue weighted by Crippen LogP contribution is -2.46. The molecule has 22 heavy (non-hydrogen) atoms. The molecule has 2 N–H and O–H groups in total. The topological polar surface area (TPSA) is 80.0 Å². The van der Waals surface area contributed by atoms with Crippen LogP contribution in [0, 0.1) is 0 Å². The number of amides is 1. The van der Waals surface area contributed by atoms with Crippen molar-refractivity contribution in [3.05, 3.63) is 47.8 Å². The fraction of sp³-hybridized carbons (Fsp3) is 0.438. The zero-order chi connectivity index (χ0) is 16.0. The second-order valence-electron chi connectivity index (χ2n) is 5.63. The minimum atomic E-state index is -0.435. The Morgan fingerprint density at radius 3 is 2.73 bits per heavy atom. The van der Waals surface area contributed by atoms with Crippen LogP contribution in [-0.2, 0) is 6.54 Å². The SMILES string of the molecule is CCC(C)(CCO)NC(=O)c1cn(Cc2ccccc2)nn1. The van der Waals surface area contributed by atoms with Gasteiger partial charge in [-0.1, -0.05) is 42.5 Å². The van der Waals surface area contributed by atoms with E-state index in [1.807, 2.05) is 44.2 Å². The van der Waals surface area contributed by atoms with Crippen LogP contribution in [0.5, 0.6) is 0 Å². The van der Waals surface area contributed by atoms with E-state index in [0.29, 0.717) is 13.0 Å². The predicted molar refractivity (Wildman–Crippen MR) is 83.4 cm³/mol. The van der Waals surface area contributed by atoms with Gasteiger partial charge in [0.25, 0.3) is 5.91 Å². The summed E-state index contributed by atoms with van der Waals surface area (Å²) in [5.74, 6) is -0.267. The van der Waals surface area contributed by atoms with Crippen molar-refractivity contribution in [3.8, 4) is 0 Å².